The zero-order valence-corrected chi connectivity index (χ0v) is 9.95. The SMILES string of the molecule is CCOC(=O)C1C(=O)Sc2ccccc2C1=O. The lowest BCUT2D eigenvalue weighted by Gasteiger charge is -2.19. The van der Waals surface area contributed by atoms with Crippen molar-refractivity contribution in [1.29, 1.82) is 0 Å². The number of benzene rings is 1. The smallest absolute Gasteiger partial charge is 0.325 e. The van der Waals surface area contributed by atoms with Crippen LogP contribution in [0, 0.1) is 5.92 Å². The van der Waals surface area contributed by atoms with E-state index < -0.39 is 22.8 Å². The third kappa shape index (κ3) is 2.10. The number of ketones is 1. The first-order valence-corrected chi connectivity index (χ1v) is 5.98. The van der Waals surface area contributed by atoms with Crippen molar-refractivity contribution < 1.29 is 19.1 Å². The summed E-state index contributed by atoms with van der Waals surface area (Å²) in [6.45, 7) is 1.79. The van der Waals surface area contributed by atoms with Gasteiger partial charge in [-0.25, -0.2) is 0 Å². The fourth-order valence-corrected chi connectivity index (χ4v) is 2.58. The van der Waals surface area contributed by atoms with Gasteiger partial charge in [-0.2, -0.15) is 0 Å². The molecular weight excluding hydrogens is 240 g/mol. The Labute approximate surface area is 102 Å². The largest absolute Gasteiger partial charge is 0.465 e. The summed E-state index contributed by atoms with van der Waals surface area (Å²) in [5.74, 6) is -2.54. The van der Waals surface area contributed by atoms with Crippen LogP contribution in [0.4, 0.5) is 0 Å². The predicted molar refractivity (Wildman–Crippen MR) is 61.8 cm³/mol. The molecule has 1 atom stereocenters. The van der Waals surface area contributed by atoms with Crippen molar-refractivity contribution >= 4 is 28.6 Å². The van der Waals surface area contributed by atoms with Crippen molar-refractivity contribution in [3.8, 4) is 0 Å². The van der Waals surface area contributed by atoms with Crippen molar-refractivity contribution in [2.45, 2.75) is 11.8 Å². The topological polar surface area (TPSA) is 60.4 Å². The summed E-state index contributed by atoms with van der Waals surface area (Å²) in [5.41, 5.74) is 0.412. The molecule has 4 nitrogen and oxygen atoms in total. The van der Waals surface area contributed by atoms with E-state index in [-0.39, 0.29) is 6.61 Å². The normalized spacial score (nSPS) is 18.8. The molecule has 0 amide bonds. The zero-order chi connectivity index (χ0) is 12.4. The molecule has 0 fully saturated rings. The molecule has 0 aromatic heterocycles. The Morgan fingerprint density at radius 1 is 1.35 bits per heavy atom. The lowest BCUT2D eigenvalue weighted by Crippen LogP contribution is -2.34. The lowest BCUT2D eigenvalue weighted by molar-refractivity contribution is -0.147. The van der Waals surface area contributed by atoms with E-state index in [0.717, 1.165) is 11.8 Å². The standard InChI is InChI=1S/C12H10O4S/c1-2-16-11(14)9-10(13)7-5-3-4-6-8(7)17-12(9)15/h3-6,9H,2H2,1H3. The minimum Gasteiger partial charge on any atom is -0.465 e. The number of esters is 1. The summed E-state index contributed by atoms with van der Waals surface area (Å²) in [7, 11) is 0. The molecule has 1 heterocycles. The van der Waals surface area contributed by atoms with Gasteiger partial charge in [-0.1, -0.05) is 18.2 Å². The van der Waals surface area contributed by atoms with Crippen molar-refractivity contribution in [2.75, 3.05) is 6.61 Å². The summed E-state index contributed by atoms with van der Waals surface area (Å²) < 4.78 is 4.74. The first kappa shape index (κ1) is 11.9. The predicted octanol–water partition coefficient (Wildman–Crippen LogP) is 1.68. The summed E-state index contributed by atoms with van der Waals surface area (Å²) in [6.07, 6.45) is 0. The number of rotatable bonds is 2. The molecule has 0 spiro atoms. The van der Waals surface area contributed by atoms with E-state index in [4.69, 9.17) is 4.74 Å². The van der Waals surface area contributed by atoms with Crippen LogP contribution in [0.15, 0.2) is 29.2 Å². The minimum absolute atomic E-state index is 0.155. The molecule has 1 aromatic rings. The van der Waals surface area contributed by atoms with Crippen molar-refractivity contribution in [3.05, 3.63) is 29.8 Å². The molecule has 5 heteroatoms. The van der Waals surface area contributed by atoms with Crippen molar-refractivity contribution in [1.82, 2.24) is 0 Å². The van der Waals surface area contributed by atoms with Gasteiger partial charge in [0.25, 0.3) is 0 Å². The average molecular weight is 250 g/mol. The van der Waals surface area contributed by atoms with Gasteiger partial charge in [-0.05, 0) is 24.8 Å². The second-order valence-corrected chi connectivity index (χ2v) is 4.51. The molecule has 0 radical (unpaired) electrons. The number of carbonyl (C=O) groups is 3. The Morgan fingerprint density at radius 3 is 2.76 bits per heavy atom. The first-order chi connectivity index (χ1) is 8.15. The van der Waals surface area contributed by atoms with Crippen LogP contribution in [0.25, 0.3) is 0 Å². The van der Waals surface area contributed by atoms with Crippen LogP contribution < -0.4 is 0 Å². The highest BCUT2D eigenvalue weighted by atomic mass is 32.2. The molecule has 0 N–H and O–H groups in total. The van der Waals surface area contributed by atoms with Crippen molar-refractivity contribution in [2.24, 2.45) is 5.92 Å². The van der Waals surface area contributed by atoms with Crippen LogP contribution in [0.2, 0.25) is 0 Å². The number of hydrogen-bond acceptors (Lipinski definition) is 5. The maximum absolute atomic E-state index is 12.0. The minimum atomic E-state index is -1.31. The fourth-order valence-electron chi connectivity index (χ4n) is 1.62. The fraction of sp³-hybridized carbons (Fsp3) is 0.250. The van der Waals surface area contributed by atoms with E-state index in [1.807, 2.05) is 0 Å². The number of ether oxygens (including phenoxy) is 1. The molecule has 1 aliphatic heterocycles. The molecule has 0 bridgehead atoms. The molecule has 1 aliphatic rings. The highest BCUT2D eigenvalue weighted by molar-refractivity contribution is 8.14. The molecule has 1 unspecified atom stereocenters. The molecule has 2 rings (SSSR count). The van der Waals surface area contributed by atoms with Crippen molar-refractivity contribution in [3.63, 3.8) is 0 Å². The summed E-state index contributed by atoms with van der Waals surface area (Å²) in [5, 5.41) is -0.466. The highest BCUT2D eigenvalue weighted by Gasteiger charge is 2.41. The maximum atomic E-state index is 12.0. The van der Waals surface area contributed by atoms with Crippen LogP contribution in [-0.2, 0) is 14.3 Å². The van der Waals surface area contributed by atoms with E-state index >= 15 is 0 Å². The van der Waals surface area contributed by atoms with Gasteiger partial charge in [-0.15, -0.1) is 0 Å². The summed E-state index contributed by atoms with van der Waals surface area (Å²) >= 11 is 0.917. The third-order valence-corrected chi connectivity index (χ3v) is 3.40. The number of hydrogen-bond donors (Lipinski definition) is 0. The molecule has 0 saturated carbocycles. The molecule has 88 valence electrons. The van der Waals surface area contributed by atoms with E-state index in [2.05, 4.69) is 0 Å². The van der Waals surface area contributed by atoms with Crippen LogP contribution >= 0.6 is 11.8 Å². The molecule has 0 saturated heterocycles. The summed E-state index contributed by atoms with van der Waals surface area (Å²) in [4.78, 5) is 35.9. The van der Waals surface area contributed by atoms with Crippen LogP contribution in [0.3, 0.4) is 0 Å². The Morgan fingerprint density at radius 2 is 2.06 bits per heavy atom. The monoisotopic (exact) mass is 250 g/mol. The first-order valence-electron chi connectivity index (χ1n) is 5.16. The molecule has 17 heavy (non-hydrogen) atoms. The zero-order valence-electron chi connectivity index (χ0n) is 9.14. The van der Waals surface area contributed by atoms with Gasteiger partial charge in [0, 0.05) is 10.5 Å². The quantitative estimate of drug-likeness (QED) is 0.590. The van der Waals surface area contributed by atoms with Gasteiger partial charge >= 0.3 is 5.97 Å². The van der Waals surface area contributed by atoms with Crippen LogP contribution in [-0.4, -0.2) is 23.5 Å². The van der Waals surface area contributed by atoms with E-state index in [1.165, 1.54) is 0 Å². The number of carbonyl (C=O) groups excluding carboxylic acids is 3. The maximum Gasteiger partial charge on any atom is 0.325 e. The van der Waals surface area contributed by atoms with Gasteiger partial charge < -0.3 is 4.74 Å². The summed E-state index contributed by atoms with van der Waals surface area (Å²) in [6, 6.07) is 6.76. The van der Waals surface area contributed by atoms with Gasteiger partial charge in [0.05, 0.1) is 6.61 Å². The average Bonchev–Trinajstić information content (AvgIpc) is 2.29. The van der Waals surface area contributed by atoms with Crippen LogP contribution in [0.1, 0.15) is 17.3 Å². The Bertz CT molecular complexity index is 495. The second-order valence-electron chi connectivity index (χ2n) is 3.47. The van der Waals surface area contributed by atoms with Gasteiger partial charge in [0.1, 0.15) is 0 Å². The van der Waals surface area contributed by atoms with Gasteiger partial charge in [0.2, 0.25) is 5.12 Å². The Balaban J connectivity index is 2.37. The van der Waals surface area contributed by atoms with Gasteiger partial charge in [-0.3, -0.25) is 14.4 Å². The van der Waals surface area contributed by atoms with Gasteiger partial charge in [0.15, 0.2) is 11.7 Å². The second kappa shape index (κ2) is 4.71. The van der Waals surface area contributed by atoms with E-state index in [9.17, 15) is 14.4 Å². The Hall–Kier alpha value is -1.62. The number of fused-ring (bicyclic) bond motifs is 1. The lowest BCUT2D eigenvalue weighted by atomic mass is 9.98. The molecule has 1 aromatic carbocycles. The highest BCUT2D eigenvalue weighted by Crippen LogP contribution is 2.34. The number of thioether (sulfide) groups is 1. The number of Topliss-reactive ketones (excluding diaryl/α,β-unsaturated/α-hetero) is 1. The molecule has 0 aliphatic carbocycles. The van der Waals surface area contributed by atoms with E-state index in [0.29, 0.717) is 10.5 Å². The Kier molecular flexibility index (Phi) is 3.28. The third-order valence-electron chi connectivity index (χ3n) is 2.38. The molecular formula is C12H10O4S. The van der Waals surface area contributed by atoms with Crippen LogP contribution in [0.5, 0.6) is 0 Å². The van der Waals surface area contributed by atoms with E-state index in [1.54, 1.807) is 31.2 Å².